The van der Waals surface area contributed by atoms with Gasteiger partial charge >= 0.3 is 0 Å². The standard InChI is InChI=1S/C22H23ClN4O3/c1-2-3-4-7-13-24-22(28)21-15-20(18-11-5-6-12-19(18)23)25-26(21)16-9-8-10-17(14-16)27(29)30/h5-6,8-12,14-15H,2-4,7,13H2,1H3,(H,24,28). The Morgan fingerprint density at radius 3 is 2.67 bits per heavy atom. The summed E-state index contributed by atoms with van der Waals surface area (Å²) in [7, 11) is 0. The van der Waals surface area contributed by atoms with Gasteiger partial charge in [0.1, 0.15) is 5.69 Å². The zero-order chi connectivity index (χ0) is 21.5. The van der Waals surface area contributed by atoms with Crippen molar-refractivity contribution >= 4 is 23.2 Å². The number of nitrogens with zero attached hydrogens (tertiary/aromatic N) is 3. The van der Waals surface area contributed by atoms with Crippen molar-refractivity contribution in [1.82, 2.24) is 15.1 Å². The summed E-state index contributed by atoms with van der Waals surface area (Å²) in [5.41, 5.74) is 1.84. The number of hydrogen-bond donors (Lipinski definition) is 1. The monoisotopic (exact) mass is 426 g/mol. The van der Waals surface area contributed by atoms with Gasteiger partial charge in [-0.3, -0.25) is 14.9 Å². The molecule has 0 fully saturated rings. The molecule has 0 radical (unpaired) electrons. The highest BCUT2D eigenvalue weighted by Gasteiger charge is 2.19. The maximum Gasteiger partial charge on any atom is 0.271 e. The van der Waals surface area contributed by atoms with Gasteiger partial charge in [0.15, 0.2) is 0 Å². The number of unbranched alkanes of at least 4 members (excludes halogenated alkanes) is 3. The number of nitrogens with one attached hydrogen (secondary N) is 1. The van der Waals surface area contributed by atoms with Crippen LogP contribution in [0.3, 0.4) is 0 Å². The fourth-order valence-corrected chi connectivity index (χ4v) is 3.36. The number of benzene rings is 2. The number of hydrogen-bond acceptors (Lipinski definition) is 4. The number of nitro benzene ring substituents is 1. The summed E-state index contributed by atoms with van der Waals surface area (Å²) in [6, 6.07) is 14.9. The summed E-state index contributed by atoms with van der Waals surface area (Å²) in [5, 5.41) is 19.1. The van der Waals surface area contributed by atoms with E-state index in [9.17, 15) is 14.9 Å². The van der Waals surface area contributed by atoms with Gasteiger partial charge in [-0.2, -0.15) is 5.10 Å². The normalized spacial score (nSPS) is 10.7. The molecule has 1 N–H and O–H groups in total. The van der Waals surface area contributed by atoms with Gasteiger partial charge in [0.05, 0.1) is 21.3 Å². The van der Waals surface area contributed by atoms with Crippen molar-refractivity contribution in [2.45, 2.75) is 32.6 Å². The van der Waals surface area contributed by atoms with Crippen molar-refractivity contribution in [2.75, 3.05) is 6.54 Å². The average Bonchev–Trinajstić information content (AvgIpc) is 3.19. The van der Waals surface area contributed by atoms with Crippen LogP contribution in [0.15, 0.2) is 54.6 Å². The second-order valence-corrected chi connectivity index (χ2v) is 7.31. The van der Waals surface area contributed by atoms with Crippen LogP contribution in [0.2, 0.25) is 5.02 Å². The van der Waals surface area contributed by atoms with E-state index in [4.69, 9.17) is 11.6 Å². The summed E-state index contributed by atoms with van der Waals surface area (Å²) >= 11 is 6.31. The number of nitro groups is 1. The fraction of sp³-hybridized carbons (Fsp3) is 0.273. The molecule has 0 aliphatic rings. The van der Waals surface area contributed by atoms with E-state index in [1.165, 1.54) is 16.8 Å². The van der Waals surface area contributed by atoms with E-state index in [2.05, 4.69) is 17.3 Å². The lowest BCUT2D eigenvalue weighted by molar-refractivity contribution is -0.384. The molecule has 0 aliphatic carbocycles. The van der Waals surface area contributed by atoms with Gasteiger partial charge in [0.2, 0.25) is 0 Å². The van der Waals surface area contributed by atoms with Crippen molar-refractivity contribution in [3.8, 4) is 16.9 Å². The zero-order valence-corrected chi connectivity index (χ0v) is 17.4. The number of carbonyl (C=O) groups excluding carboxylic acids is 1. The van der Waals surface area contributed by atoms with E-state index < -0.39 is 4.92 Å². The number of amides is 1. The zero-order valence-electron chi connectivity index (χ0n) is 16.7. The molecule has 3 aromatic rings. The van der Waals surface area contributed by atoms with E-state index in [1.807, 2.05) is 18.2 Å². The molecule has 0 spiro atoms. The van der Waals surface area contributed by atoms with Gasteiger partial charge in [-0.15, -0.1) is 0 Å². The minimum Gasteiger partial charge on any atom is -0.351 e. The lowest BCUT2D eigenvalue weighted by atomic mass is 10.1. The number of carbonyl (C=O) groups is 1. The van der Waals surface area contributed by atoms with E-state index in [0.717, 1.165) is 25.7 Å². The van der Waals surface area contributed by atoms with Crippen LogP contribution in [0.1, 0.15) is 43.1 Å². The van der Waals surface area contributed by atoms with E-state index in [0.29, 0.717) is 34.2 Å². The first kappa shape index (κ1) is 21.5. The molecule has 0 saturated carbocycles. The fourth-order valence-electron chi connectivity index (χ4n) is 3.12. The average molecular weight is 427 g/mol. The Hall–Kier alpha value is -3.19. The van der Waals surface area contributed by atoms with Crippen LogP contribution in [0.4, 0.5) is 5.69 Å². The van der Waals surface area contributed by atoms with Crippen molar-refractivity contribution in [3.05, 3.63) is 75.4 Å². The molecule has 1 aromatic heterocycles. The Morgan fingerprint density at radius 1 is 1.13 bits per heavy atom. The quantitative estimate of drug-likeness (QED) is 0.281. The van der Waals surface area contributed by atoms with Gasteiger partial charge in [0, 0.05) is 24.2 Å². The molecule has 0 atom stereocenters. The van der Waals surface area contributed by atoms with Crippen LogP contribution >= 0.6 is 11.6 Å². The first-order valence-corrected chi connectivity index (χ1v) is 10.3. The lowest BCUT2D eigenvalue weighted by Gasteiger charge is -2.08. The maximum atomic E-state index is 12.9. The molecule has 0 bridgehead atoms. The van der Waals surface area contributed by atoms with Crippen molar-refractivity contribution in [2.24, 2.45) is 0 Å². The molecule has 30 heavy (non-hydrogen) atoms. The largest absolute Gasteiger partial charge is 0.351 e. The van der Waals surface area contributed by atoms with Crippen LogP contribution in [0.5, 0.6) is 0 Å². The predicted octanol–water partition coefficient (Wildman–Crippen LogP) is 5.41. The summed E-state index contributed by atoms with van der Waals surface area (Å²) in [4.78, 5) is 23.6. The molecular formula is C22H23ClN4O3. The number of rotatable bonds is 9. The highest BCUT2D eigenvalue weighted by atomic mass is 35.5. The predicted molar refractivity (Wildman–Crippen MR) is 117 cm³/mol. The first-order chi connectivity index (χ1) is 14.5. The summed E-state index contributed by atoms with van der Waals surface area (Å²) in [6.07, 6.45) is 4.18. The number of non-ortho nitro benzene ring substituents is 1. The van der Waals surface area contributed by atoms with Gasteiger partial charge in [-0.25, -0.2) is 4.68 Å². The van der Waals surface area contributed by atoms with Crippen LogP contribution < -0.4 is 5.32 Å². The Balaban J connectivity index is 1.97. The van der Waals surface area contributed by atoms with Crippen LogP contribution in [-0.4, -0.2) is 27.2 Å². The summed E-state index contributed by atoms with van der Waals surface area (Å²) in [5.74, 6) is -0.288. The van der Waals surface area contributed by atoms with Crippen LogP contribution in [0, 0.1) is 10.1 Å². The molecule has 1 amide bonds. The van der Waals surface area contributed by atoms with Gasteiger partial charge in [-0.1, -0.05) is 62.1 Å². The maximum absolute atomic E-state index is 12.9. The van der Waals surface area contributed by atoms with Crippen molar-refractivity contribution < 1.29 is 9.72 Å². The van der Waals surface area contributed by atoms with Gasteiger partial charge in [-0.05, 0) is 24.6 Å². The van der Waals surface area contributed by atoms with Crippen molar-refractivity contribution in [1.29, 1.82) is 0 Å². The van der Waals surface area contributed by atoms with Crippen LogP contribution in [0.25, 0.3) is 16.9 Å². The van der Waals surface area contributed by atoms with E-state index in [1.54, 1.807) is 24.3 Å². The first-order valence-electron chi connectivity index (χ1n) is 9.89. The molecule has 2 aromatic carbocycles. The molecule has 1 heterocycles. The molecule has 0 unspecified atom stereocenters. The Labute approximate surface area is 179 Å². The third-order valence-corrected chi connectivity index (χ3v) is 5.02. The molecule has 3 rings (SSSR count). The van der Waals surface area contributed by atoms with Crippen LogP contribution in [-0.2, 0) is 0 Å². The molecule has 7 nitrogen and oxygen atoms in total. The SMILES string of the molecule is CCCCCCNC(=O)c1cc(-c2ccccc2Cl)nn1-c1cccc([N+](=O)[O-])c1. The molecule has 0 aliphatic heterocycles. The van der Waals surface area contributed by atoms with Gasteiger partial charge < -0.3 is 5.32 Å². The minimum atomic E-state index is -0.477. The third-order valence-electron chi connectivity index (χ3n) is 4.69. The minimum absolute atomic E-state index is 0.0757. The topological polar surface area (TPSA) is 90.1 Å². The highest BCUT2D eigenvalue weighted by molar-refractivity contribution is 6.33. The number of aromatic nitrogens is 2. The van der Waals surface area contributed by atoms with Gasteiger partial charge in [0.25, 0.3) is 11.6 Å². The molecule has 8 heteroatoms. The molecule has 0 saturated heterocycles. The van der Waals surface area contributed by atoms with E-state index >= 15 is 0 Å². The lowest BCUT2D eigenvalue weighted by Crippen LogP contribution is -2.26. The number of halogens is 1. The second-order valence-electron chi connectivity index (χ2n) is 6.90. The summed E-state index contributed by atoms with van der Waals surface area (Å²) < 4.78 is 1.42. The molecule has 156 valence electrons. The second kappa shape index (κ2) is 10.0. The third kappa shape index (κ3) is 5.04. The Bertz CT molecular complexity index is 1050. The smallest absolute Gasteiger partial charge is 0.271 e. The molecular weight excluding hydrogens is 404 g/mol. The van der Waals surface area contributed by atoms with Crippen molar-refractivity contribution in [3.63, 3.8) is 0 Å². The summed E-state index contributed by atoms with van der Waals surface area (Å²) in [6.45, 7) is 2.69. The van der Waals surface area contributed by atoms with E-state index in [-0.39, 0.29) is 11.6 Å². The highest BCUT2D eigenvalue weighted by Crippen LogP contribution is 2.28. The Morgan fingerprint density at radius 2 is 1.93 bits per heavy atom. The Kier molecular flexibility index (Phi) is 7.19.